The molecule has 6 nitrogen and oxygen atoms in total. The standard InChI is InChI=1S/C19H33N3O3S/c1-6-21-11-7-8-17(21)15-22(13-12-20(3)4)26(23,24)19-10-9-18(25-5)14-16(19)2/h9-10,14,17H,6-8,11-13,15H2,1-5H3. The van der Waals surface area contributed by atoms with Crippen LogP contribution in [0.25, 0.3) is 0 Å². The molecule has 1 aromatic carbocycles. The Labute approximate surface area is 158 Å². The maximum Gasteiger partial charge on any atom is 0.243 e. The maximum absolute atomic E-state index is 13.4. The fourth-order valence-electron chi connectivity index (χ4n) is 3.55. The lowest BCUT2D eigenvalue weighted by molar-refractivity contribution is 0.220. The van der Waals surface area contributed by atoms with Gasteiger partial charge in [-0.2, -0.15) is 4.31 Å². The van der Waals surface area contributed by atoms with E-state index in [1.165, 1.54) is 0 Å². The second kappa shape index (κ2) is 9.17. The Kier molecular flexibility index (Phi) is 7.46. The van der Waals surface area contributed by atoms with Crippen molar-refractivity contribution < 1.29 is 13.2 Å². The Hall–Kier alpha value is -1.15. The number of nitrogens with zero attached hydrogens (tertiary/aromatic N) is 3. The quantitative estimate of drug-likeness (QED) is 0.653. The van der Waals surface area contributed by atoms with Gasteiger partial charge in [-0.25, -0.2) is 8.42 Å². The molecule has 0 aromatic heterocycles. The summed E-state index contributed by atoms with van der Waals surface area (Å²) in [6.45, 7) is 7.74. The average Bonchev–Trinajstić information content (AvgIpc) is 3.04. The minimum absolute atomic E-state index is 0.301. The van der Waals surface area contributed by atoms with Crippen molar-refractivity contribution in [3.63, 3.8) is 0 Å². The van der Waals surface area contributed by atoms with Crippen molar-refractivity contribution >= 4 is 10.0 Å². The molecule has 0 amide bonds. The van der Waals surface area contributed by atoms with Gasteiger partial charge in [-0.05, 0) is 70.7 Å². The Bertz CT molecular complexity index is 691. The van der Waals surface area contributed by atoms with E-state index in [9.17, 15) is 8.42 Å². The highest BCUT2D eigenvalue weighted by atomic mass is 32.2. The summed E-state index contributed by atoms with van der Waals surface area (Å²) in [5, 5.41) is 0. The summed E-state index contributed by atoms with van der Waals surface area (Å²) in [4.78, 5) is 4.78. The predicted octanol–water partition coefficient (Wildman–Crippen LogP) is 2.04. The monoisotopic (exact) mass is 383 g/mol. The average molecular weight is 384 g/mol. The molecule has 0 aliphatic carbocycles. The van der Waals surface area contributed by atoms with Crippen molar-refractivity contribution in [1.82, 2.24) is 14.1 Å². The SMILES string of the molecule is CCN1CCCC1CN(CCN(C)C)S(=O)(=O)c1ccc(OC)cc1C. The van der Waals surface area contributed by atoms with Crippen molar-refractivity contribution in [2.24, 2.45) is 0 Å². The van der Waals surface area contributed by atoms with Crippen LogP contribution in [0.2, 0.25) is 0 Å². The summed E-state index contributed by atoms with van der Waals surface area (Å²) < 4.78 is 33.7. The number of sulfonamides is 1. The van der Waals surface area contributed by atoms with Crippen LogP contribution in [0.5, 0.6) is 5.75 Å². The number of aryl methyl sites for hydroxylation is 1. The molecule has 0 bridgehead atoms. The fraction of sp³-hybridized carbons (Fsp3) is 0.684. The van der Waals surface area contributed by atoms with Crippen LogP contribution in [-0.2, 0) is 10.0 Å². The third kappa shape index (κ3) is 4.97. The number of benzene rings is 1. The summed E-state index contributed by atoms with van der Waals surface area (Å²) in [7, 11) is 1.98. The summed E-state index contributed by atoms with van der Waals surface area (Å²) in [5.74, 6) is 0.675. The van der Waals surface area contributed by atoms with Gasteiger partial charge in [0.15, 0.2) is 0 Å². The molecule has 0 spiro atoms. The van der Waals surface area contributed by atoms with E-state index in [2.05, 4.69) is 11.8 Å². The number of rotatable bonds is 9. The van der Waals surface area contributed by atoms with Crippen molar-refractivity contribution in [1.29, 1.82) is 0 Å². The van der Waals surface area contributed by atoms with E-state index in [1.807, 2.05) is 25.9 Å². The smallest absolute Gasteiger partial charge is 0.243 e. The molecule has 0 N–H and O–H groups in total. The van der Waals surface area contributed by atoms with Gasteiger partial charge in [-0.1, -0.05) is 6.92 Å². The number of ether oxygens (including phenoxy) is 1. The van der Waals surface area contributed by atoms with E-state index in [0.29, 0.717) is 36.3 Å². The zero-order chi connectivity index (χ0) is 19.3. The summed E-state index contributed by atoms with van der Waals surface area (Å²) in [6.07, 6.45) is 2.20. The van der Waals surface area contributed by atoms with E-state index >= 15 is 0 Å². The van der Waals surface area contributed by atoms with Gasteiger partial charge in [0.1, 0.15) is 5.75 Å². The second-order valence-corrected chi connectivity index (χ2v) is 9.13. The lowest BCUT2D eigenvalue weighted by Gasteiger charge is -2.30. The normalized spacial score (nSPS) is 18.8. The highest BCUT2D eigenvalue weighted by molar-refractivity contribution is 7.89. The van der Waals surface area contributed by atoms with Crippen molar-refractivity contribution in [2.45, 2.75) is 37.6 Å². The topological polar surface area (TPSA) is 53.1 Å². The van der Waals surface area contributed by atoms with Gasteiger partial charge in [0.2, 0.25) is 10.0 Å². The van der Waals surface area contributed by atoms with E-state index in [1.54, 1.807) is 29.6 Å². The molecule has 1 aliphatic rings. The zero-order valence-corrected chi connectivity index (χ0v) is 17.6. The van der Waals surface area contributed by atoms with Crippen molar-refractivity contribution in [3.8, 4) is 5.75 Å². The largest absolute Gasteiger partial charge is 0.497 e. The first kappa shape index (κ1) is 21.2. The Morgan fingerprint density at radius 1 is 1.27 bits per heavy atom. The van der Waals surface area contributed by atoms with Gasteiger partial charge < -0.3 is 9.64 Å². The highest BCUT2D eigenvalue weighted by Gasteiger charge is 2.32. The summed E-state index contributed by atoms with van der Waals surface area (Å²) in [6, 6.07) is 5.47. The van der Waals surface area contributed by atoms with Crippen LogP contribution in [0.15, 0.2) is 23.1 Å². The summed E-state index contributed by atoms with van der Waals surface area (Å²) in [5.41, 5.74) is 0.720. The van der Waals surface area contributed by atoms with Crippen molar-refractivity contribution in [2.75, 3.05) is 53.9 Å². The van der Waals surface area contributed by atoms with Crippen LogP contribution < -0.4 is 4.74 Å². The minimum Gasteiger partial charge on any atom is -0.497 e. The third-order valence-electron chi connectivity index (χ3n) is 5.12. The second-order valence-electron chi connectivity index (χ2n) is 7.22. The molecule has 0 saturated carbocycles. The van der Waals surface area contributed by atoms with Crippen LogP contribution >= 0.6 is 0 Å². The number of hydrogen-bond acceptors (Lipinski definition) is 5. The van der Waals surface area contributed by atoms with Gasteiger partial charge in [0.05, 0.1) is 12.0 Å². The van der Waals surface area contributed by atoms with Crippen LogP contribution in [-0.4, -0.2) is 82.5 Å². The molecule has 2 rings (SSSR count). The molecule has 1 unspecified atom stereocenters. The molecule has 148 valence electrons. The molecule has 1 aliphatic heterocycles. The van der Waals surface area contributed by atoms with E-state index in [0.717, 1.165) is 31.5 Å². The summed E-state index contributed by atoms with van der Waals surface area (Å²) >= 11 is 0. The predicted molar refractivity (Wildman–Crippen MR) is 105 cm³/mol. The highest BCUT2D eigenvalue weighted by Crippen LogP contribution is 2.26. The van der Waals surface area contributed by atoms with Crippen LogP contribution in [0.1, 0.15) is 25.3 Å². The van der Waals surface area contributed by atoms with Gasteiger partial charge >= 0.3 is 0 Å². The Morgan fingerprint density at radius 3 is 2.58 bits per heavy atom. The fourth-order valence-corrected chi connectivity index (χ4v) is 5.23. The third-order valence-corrected chi connectivity index (χ3v) is 7.14. The lowest BCUT2D eigenvalue weighted by Crippen LogP contribution is -2.45. The molecule has 1 saturated heterocycles. The minimum atomic E-state index is -3.55. The molecule has 1 atom stereocenters. The molecular formula is C19H33N3O3S. The van der Waals surface area contributed by atoms with E-state index in [4.69, 9.17) is 4.74 Å². The first-order valence-electron chi connectivity index (χ1n) is 9.33. The Morgan fingerprint density at radius 2 is 2.00 bits per heavy atom. The number of likely N-dealkylation sites (tertiary alicyclic amines) is 1. The number of hydrogen-bond donors (Lipinski definition) is 0. The molecule has 0 radical (unpaired) electrons. The van der Waals surface area contributed by atoms with E-state index < -0.39 is 10.0 Å². The van der Waals surface area contributed by atoms with Crippen LogP contribution in [0.3, 0.4) is 0 Å². The zero-order valence-electron chi connectivity index (χ0n) is 16.7. The molecule has 1 fully saturated rings. The van der Waals surface area contributed by atoms with Gasteiger partial charge in [0, 0.05) is 25.7 Å². The van der Waals surface area contributed by atoms with Crippen LogP contribution in [0, 0.1) is 6.92 Å². The van der Waals surface area contributed by atoms with Crippen molar-refractivity contribution in [3.05, 3.63) is 23.8 Å². The molecule has 26 heavy (non-hydrogen) atoms. The molecular weight excluding hydrogens is 350 g/mol. The lowest BCUT2D eigenvalue weighted by atomic mass is 10.2. The van der Waals surface area contributed by atoms with E-state index in [-0.39, 0.29) is 0 Å². The molecule has 7 heteroatoms. The maximum atomic E-state index is 13.4. The molecule has 1 aromatic rings. The first-order valence-corrected chi connectivity index (χ1v) is 10.8. The first-order chi connectivity index (χ1) is 12.3. The van der Waals surface area contributed by atoms with Crippen LogP contribution in [0.4, 0.5) is 0 Å². The van der Waals surface area contributed by atoms with Gasteiger partial charge in [-0.15, -0.1) is 0 Å². The van der Waals surface area contributed by atoms with Gasteiger partial charge in [-0.3, -0.25) is 4.90 Å². The molecule has 1 heterocycles. The number of likely N-dealkylation sites (N-methyl/N-ethyl adjacent to an activating group) is 2. The number of methoxy groups -OCH3 is 1. The van der Waals surface area contributed by atoms with Gasteiger partial charge in [0.25, 0.3) is 0 Å². The Balaban J connectivity index is 2.30.